The standard InChI is InChI=1S/C20H19N3O5/c24-19(15-4-1-2-5-16(15)23(26)27)21-14-8-7-13-9-10-22(17(13)12-14)20(25)18-6-3-11-28-18/h1-2,4-5,7-8,12,18H,3,6,9-11H2,(H,21,24). The van der Waals surface area contributed by atoms with Gasteiger partial charge in [-0.3, -0.25) is 19.7 Å². The molecule has 1 atom stereocenters. The van der Waals surface area contributed by atoms with Gasteiger partial charge in [0.1, 0.15) is 11.7 Å². The zero-order valence-corrected chi connectivity index (χ0v) is 15.1. The van der Waals surface area contributed by atoms with Crippen LogP contribution in [0.1, 0.15) is 28.8 Å². The Morgan fingerprint density at radius 1 is 1.21 bits per heavy atom. The molecule has 2 aliphatic rings. The molecule has 2 aliphatic heterocycles. The molecule has 2 heterocycles. The lowest BCUT2D eigenvalue weighted by Gasteiger charge is -2.21. The molecule has 28 heavy (non-hydrogen) atoms. The third-order valence-corrected chi connectivity index (χ3v) is 5.06. The summed E-state index contributed by atoms with van der Waals surface area (Å²) >= 11 is 0. The van der Waals surface area contributed by atoms with Crippen LogP contribution in [0, 0.1) is 10.1 Å². The average Bonchev–Trinajstić information content (AvgIpc) is 3.37. The number of fused-ring (bicyclic) bond motifs is 1. The Kier molecular flexibility index (Phi) is 4.79. The maximum Gasteiger partial charge on any atom is 0.282 e. The van der Waals surface area contributed by atoms with E-state index in [0.717, 1.165) is 30.5 Å². The van der Waals surface area contributed by atoms with E-state index in [-0.39, 0.29) is 17.2 Å². The van der Waals surface area contributed by atoms with Crippen LogP contribution in [0.2, 0.25) is 0 Å². The number of nitro groups is 1. The van der Waals surface area contributed by atoms with Crippen molar-refractivity contribution in [3.63, 3.8) is 0 Å². The smallest absolute Gasteiger partial charge is 0.282 e. The first-order valence-corrected chi connectivity index (χ1v) is 9.15. The highest BCUT2D eigenvalue weighted by atomic mass is 16.6. The molecule has 1 saturated heterocycles. The van der Waals surface area contributed by atoms with Crippen LogP contribution in [0.4, 0.5) is 17.1 Å². The first-order chi connectivity index (χ1) is 13.5. The van der Waals surface area contributed by atoms with E-state index in [1.54, 1.807) is 23.1 Å². The zero-order chi connectivity index (χ0) is 19.7. The molecule has 1 fully saturated rings. The molecule has 2 aromatic rings. The molecule has 144 valence electrons. The van der Waals surface area contributed by atoms with Crippen LogP contribution < -0.4 is 10.2 Å². The Morgan fingerprint density at radius 3 is 2.79 bits per heavy atom. The highest BCUT2D eigenvalue weighted by Crippen LogP contribution is 2.33. The number of carbonyl (C=O) groups excluding carboxylic acids is 2. The average molecular weight is 381 g/mol. The Hall–Kier alpha value is -3.26. The molecule has 0 spiro atoms. The molecule has 8 nitrogen and oxygen atoms in total. The number of nitro benzene ring substituents is 1. The van der Waals surface area contributed by atoms with Gasteiger partial charge in [-0.25, -0.2) is 0 Å². The van der Waals surface area contributed by atoms with Crippen molar-refractivity contribution in [3.05, 3.63) is 63.7 Å². The number of amides is 2. The van der Waals surface area contributed by atoms with Gasteiger partial charge in [0.05, 0.1) is 4.92 Å². The van der Waals surface area contributed by atoms with E-state index in [1.807, 2.05) is 6.07 Å². The molecule has 2 aromatic carbocycles. The van der Waals surface area contributed by atoms with E-state index >= 15 is 0 Å². The number of ether oxygens (including phenoxy) is 1. The van der Waals surface area contributed by atoms with Gasteiger partial charge in [-0.2, -0.15) is 0 Å². The molecule has 0 saturated carbocycles. The van der Waals surface area contributed by atoms with Gasteiger partial charge in [-0.05, 0) is 43.0 Å². The fourth-order valence-corrected chi connectivity index (χ4v) is 3.66. The fraction of sp³-hybridized carbons (Fsp3) is 0.300. The van der Waals surface area contributed by atoms with Gasteiger partial charge in [-0.15, -0.1) is 0 Å². The minimum Gasteiger partial charge on any atom is -0.368 e. The van der Waals surface area contributed by atoms with Crippen LogP contribution in [-0.4, -0.2) is 36.0 Å². The summed E-state index contributed by atoms with van der Waals surface area (Å²) in [5.41, 5.74) is 1.99. The van der Waals surface area contributed by atoms with Gasteiger partial charge in [0.2, 0.25) is 0 Å². The summed E-state index contributed by atoms with van der Waals surface area (Å²) in [6, 6.07) is 11.1. The highest BCUT2D eigenvalue weighted by molar-refractivity contribution is 6.07. The Labute approximate surface area is 161 Å². The van der Waals surface area contributed by atoms with Crippen molar-refractivity contribution in [2.24, 2.45) is 0 Å². The van der Waals surface area contributed by atoms with E-state index in [1.165, 1.54) is 18.2 Å². The number of rotatable bonds is 4. The van der Waals surface area contributed by atoms with Gasteiger partial charge in [0, 0.05) is 30.6 Å². The number of carbonyl (C=O) groups is 2. The van der Waals surface area contributed by atoms with Gasteiger partial charge in [0.15, 0.2) is 0 Å². The largest absolute Gasteiger partial charge is 0.368 e. The van der Waals surface area contributed by atoms with Crippen molar-refractivity contribution >= 4 is 28.9 Å². The summed E-state index contributed by atoms with van der Waals surface area (Å²) in [6.45, 7) is 1.18. The number of hydrogen-bond donors (Lipinski definition) is 1. The van der Waals surface area contributed by atoms with E-state index < -0.39 is 16.9 Å². The van der Waals surface area contributed by atoms with Crippen molar-refractivity contribution in [1.82, 2.24) is 0 Å². The van der Waals surface area contributed by atoms with E-state index in [9.17, 15) is 19.7 Å². The molecule has 1 N–H and O–H groups in total. The predicted octanol–water partition coefficient (Wildman–Crippen LogP) is 2.92. The second-order valence-electron chi connectivity index (χ2n) is 6.81. The summed E-state index contributed by atoms with van der Waals surface area (Å²) in [4.78, 5) is 37.5. The normalized spacial score (nSPS) is 18.0. The van der Waals surface area contributed by atoms with Crippen LogP contribution in [-0.2, 0) is 16.0 Å². The SMILES string of the molecule is O=C(Nc1ccc2c(c1)N(C(=O)C1CCCO1)CC2)c1ccccc1[N+](=O)[O-]. The monoisotopic (exact) mass is 381 g/mol. The molecule has 0 aliphatic carbocycles. The minimum absolute atomic E-state index is 0.0136. The maximum atomic E-state index is 12.7. The second kappa shape index (κ2) is 7.40. The van der Waals surface area contributed by atoms with Crippen molar-refractivity contribution < 1.29 is 19.2 Å². The van der Waals surface area contributed by atoms with Crippen molar-refractivity contribution in [3.8, 4) is 0 Å². The molecule has 0 bridgehead atoms. The Morgan fingerprint density at radius 2 is 2.04 bits per heavy atom. The molecule has 0 radical (unpaired) electrons. The summed E-state index contributed by atoms with van der Waals surface area (Å²) in [5, 5.41) is 13.8. The van der Waals surface area contributed by atoms with E-state index in [4.69, 9.17) is 4.74 Å². The summed E-state index contributed by atoms with van der Waals surface area (Å²) < 4.78 is 5.51. The number of para-hydroxylation sites is 1. The first-order valence-electron chi connectivity index (χ1n) is 9.15. The lowest BCUT2D eigenvalue weighted by Crippen LogP contribution is -2.37. The molecular weight excluding hydrogens is 362 g/mol. The molecule has 0 aromatic heterocycles. The summed E-state index contributed by atoms with van der Waals surface area (Å²) in [7, 11) is 0. The molecule has 1 unspecified atom stereocenters. The lowest BCUT2D eigenvalue weighted by atomic mass is 10.1. The molecule has 8 heteroatoms. The van der Waals surface area contributed by atoms with Crippen LogP contribution >= 0.6 is 0 Å². The third kappa shape index (κ3) is 3.34. The number of nitrogens with zero attached hydrogens (tertiary/aromatic N) is 2. The number of anilines is 2. The lowest BCUT2D eigenvalue weighted by molar-refractivity contribution is -0.385. The number of nitrogens with one attached hydrogen (secondary N) is 1. The van der Waals surface area contributed by atoms with Crippen LogP contribution in [0.25, 0.3) is 0 Å². The van der Waals surface area contributed by atoms with Gasteiger partial charge >= 0.3 is 0 Å². The van der Waals surface area contributed by atoms with Gasteiger partial charge in [0.25, 0.3) is 17.5 Å². The first kappa shape index (κ1) is 18.1. The minimum atomic E-state index is -0.584. The highest BCUT2D eigenvalue weighted by Gasteiger charge is 2.33. The molecule has 4 rings (SSSR count). The Bertz CT molecular complexity index is 953. The Balaban J connectivity index is 1.56. The quantitative estimate of drug-likeness (QED) is 0.648. The predicted molar refractivity (Wildman–Crippen MR) is 103 cm³/mol. The van der Waals surface area contributed by atoms with Crippen molar-refractivity contribution in [1.29, 1.82) is 0 Å². The number of hydrogen-bond acceptors (Lipinski definition) is 5. The topological polar surface area (TPSA) is 102 Å². The van der Waals surface area contributed by atoms with E-state index in [0.29, 0.717) is 18.8 Å². The van der Waals surface area contributed by atoms with E-state index in [2.05, 4.69) is 5.32 Å². The zero-order valence-electron chi connectivity index (χ0n) is 15.1. The molecule has 2 amide bonds. The fourth-order valence-electron chi connectivity index (χ4n) is 3.66. The van der Waals surface area contributed by atoms with Crippen molar-refractivity contribution in [2.45, 2.75) is 25.4 Å². The molecular formula is C20H19N3O5. The van der Waals surface area contributed by atoms with Gasteiger partial charge in [-0.1, -0.05) is 18.2 Å². The van der Waals surface area contributed by atoms with Crippen LogP contribution in [0.3, 0.4) is 0 Å². The van der Waals surface area contributed by atoms with Gasteiger partial charge < -0.3 is 15.0 Å². The summed E-state index contributed by atoms with van der Waals surface area (Å²) in [6.07, 6.45) is 1.93. The third-order valence-electron chi connectivity index (χ3n) is 5.06. The second-order valence-corrected chi connectivity index (χ2v) is 6.81. The van der Waals surface area contributed by atoms with Crippen LogP contribution in [0.15, 0.2) is 42.5 Å². The van der Waals surface area contributed by atoms with Crippen LogP contribution in [0.5, 0.6) is 0 Å². The van der Waals surface area contributed by atoms with Crippen molar-refractivity contribution in [2.75, 3.05) is 23.4 Å². The number of benzene rings is 2. The summed E-state index contributed by atoms with van der Waals surface area (Å²) in [5.74, 6) is -0.624. The maximum absolute atomic E-state index is 12.7.